The van der Waals surface area contributed by atoms with E-state index < -0.39 is 0 Å². The maximum Gasteiger partial charge on any atom is 0.183 e. The van der Waals surface area contributed by atoms with Gasteiger partial charge < -0.3 is 10.1 Å². The van der Waals surface area contributed by atoms with Crippen LogP contribution in [0, 0.1) is 11.7 Å². The third-order valence-electron chi connectivity index (χ3n) is 3.23. The number of halogens is 1. The van der Waals surface area contributed by atoms with Crippen molar-refractivity contribution >= 4 is 26.7 Å². The monoisotopic (exact) mass is 266 g/mol. The summed E-state index contributed by atoms with van der Waals surface area (Å²) in [6.45, 7) is 2.64. The summed E-state index contributed by atoms with van der Waals surface area (Å²) in [5.74, 6) is 0.449. The van der Waals surface area contributed by atoms with Gasteiger partial charge in [0.25, 0.3) is 0 Å². The zero-order valence-corrected chi connectivity index (χ0v) is 10.8. The Balaban J connectivity index is 1.67. The van der Waals surface area contributed by atoms with E-state index in [2.05, 4.69) is 10.3 Å². The highest BCUT2D eigenvalue weighted by molar-refractivity contribution is 7.22. The van der Waals surface area contributed by atoms with Crippen molar-refractivity contribution in [3.05, 3.63) is 24.0 Å². The number of hydrogen-bond acceptors (Lipinski definition) is 4. The quantitative estimate of drug-likeness (QED) is 0.925. The summed E-state index contributed by atoms with van der Waals surface area (Å²) in [5.41, 5.74) is 0.857. The highest BCUT2D eigenvalue weighted by Gasteiger charge is 2.14. The zero-order chi connectivity index (χ0) is 12.4. The molecule has 1 saturated heterocycles. The van der Waals surface area contributed by atoms with Crippen LogP contribution in [-0.4, -0.2) is 24.7 Å². The Morgan fingerprint density at radius 3 is 3.06 bits per heavy atom. The van der Waals surface area contributed by atoms with Gasteiger partial charge in [-0.3, -0.25) is 0 Å². The highest BCUT2D eigenvalue weighted by atomic mass is 32.1. The van der Waals surface area contributed by atoms with Crippen molar-refractivity contribution in [2.45, 2.75) is 12.8 Å². The summed E-state index contributed by atoms with van der Waals surface area (Å²) < 4.78 is 19.3. The van der Waals surface area contributed by atoms with Gasteiger partial charge >= 0.3 is 0 Å². The van der Waals surface area contributed by atoms with Gasteiger partial charge in [-0.05, 0) is 37.0 Å². The molecule has 0 radical (unpaired) electrons. The molecule has 1 fully saturated rings. The van der Waals surface area contributed by atoms with Crippen molar-refractivity contribution < 1.29 is 9.13 Å². The van der Waals surface area contributed by atoms with Crippen molar-refractivity contribution in [3.63, 3.8) is 0 Å². The maximum atomic E-state index is 13.1. The third kappa shape index (κ3) is 2.62. The van der Waals surface area contributed by atoms with Crippen LogP contribution in [0.4, 0.5) is 9.52 Å². The minimum atomic E-state index is -0.206. The van der Waals surface area contributed by atoms with Crippen LogP contribution in [0.1, 0.15) is 12.8 Å². The molecule has 1 N–H and O–H groups in total. The van der Waals surface area contributed by atoms with Gasteiger partial charge in [0.1, 0.15) is 5.82 Å². The number of rotatable bonds is 3. The molecule has 0 spiro atoms. The van der Waals surface area contributed by atoms with E-state index in [0.29, 0.717) is 5.92 Å². The molecule has 1 aromatic carbocycles. The molecule has 3 nitrogen and oxygen atoms in total. The first-order chi connectivity index (χ1) is 8.81. The molecule has 2 aromatic rings. The molecule has 0 bridgehead atoms. The van der Waals surface area contributed by atoms with Crippen LogP contribution in [-0.2, 0) is 4.74 Å². The average molecular weight is 266 g/mol. The lowest BCUT2D eigenvalue weighted by atomic mass is 10.0. The van der Waals surface area contributed by atoms with Gasteiger partial charge in [-0.15, -0.1) is 0 Å². The van der Waals surface area contributed by atoms with E-state index in [0.717, 1.165) is 47.9 Å². The van der Waals surface area contributed by atoms with Gasteiger partial charge in [0, 0.05) is 19.8 Å². The van der Waals surface area contributed by atoms with E-state index >= 15 is 0 Å². The van der Waals surface area contributed by atoms with Crippen molar-refractivity contribution in [1.82, 2.24) is 4.98 Å². The first kappa shape index (κ1) is 11.9. The summed E-state index contributed by atoms with van der Waals surface area (Å²) in [4.78, 5) is 4.45. The number of anilines is 1. The topological polar surface area (TPSA) is 34.2 Å². The number of ether oxygens (including phenoxy) is 1. The molecule has 0 atom stereocenters. The number of nitrogens with one attached hydrogen (secondary N) is 1. The molecule has 18 heavy (non-hydrogen) atoms. The lowest BCUT2D eigenvalue weighted by molar-refractivity contribution is 0.0699. The Hall–Kier alpha value is -1.20. The maximum absolute atomic E-state index is 13.1. The van der Waals surface area contributed by atoms with E-state index in [1.54, 1.807) is 6.07 Å². The second-order valence-corrected chi connectivity index (χ2v) is 5.60. The average Bonchev–Trinajstić information content (AvgIpc) is 2.79. The van der Waals surface area contributed by atoms with E-state index in [1.807, 2.05) is 0 Å². The minimum Gasteiger partial charge on any atom is -0.381 e. The number of fused-ring (bicyclic) bond motifs is 1. The number of nitrogens with zero attached hydrogens (tertiary/aromatic N) is 1. The van der Waals surface area contributed by atoms with E-state index in [4.69, 9.17) is 4.74 Å². The molecule has 0 amide bonds. The lowest BCUT2D eigenvalue weighted by Gasteiger charge is -2.21. The van der Waals surface area contributed by atoms with Crippen molar-refractivity contribution in [3.8, 4) is 0 Å². The number of aromatic nitrogens is 1. The minimum absolute atomic E-state index is 0.206. The predicted molar refractivity (Wildman–Crippen MR) is 71.6 cm³/mol. The Bertz CT molecular complexity index is 537. The molecule has 2 heterocycles. The summed E-state index contributed by atoms with van der Waals surface area (Å²) in [7, 11) is 0. The van der Waals surface area contributed by atoms with Gasteiger partial charge in [-0.1, -0.05) is 11.3 Å². The summed E-state index contributed by atoms with van der Waals surface area (Å²) in [6, 6.07) is 4.71. The second kappa shape index (κ2) is 5.20. The Labute approximate surface area is 109 Å². The van der Waals surface area contributed by atoms with Crippen LogP contribution in [0.5, 0.6) is 0 Å². The van der Waals surface area contributed by atoms with Crippen molar-refractivity contribution in [1.29, 1.82) is 0 Å². The smallest absolute Gasteiger partial charge is 0.183 e. The van der Waals surface area contributed by atoms with E-state index in [9.17, 15) is 4.39 Å². The molecule has 3 rings (SSSR count). The van der Waals surface area contributed by atoms with Gasteiger partial charge in [-0.2, -0.15) is 0 Å². The van der Waals surface area contributed by atoms with Crippen LogP contribution < -0.4 is 5.32 Å². The van der Waals surface area contributed by atoms with Crippen LogP contribution in [0.2, 0.25) is 0 Å². The summed E-state index contributed by atoms with van der Waals surface area (Å²) in [6.07, 6.45) is 2.21. The van der Waals surface area contributed by atoms with E-state index in [1.165, 1.54) is 23.5 Å². The molecule has 96 valence electrons. The Morgan fingerprint density at radius 2 is 2.22 bits per heavy atom. The van der Waals surface area contributed by atoms with Crippen LogP contribution in [0.15, 0.2) is 18.2 Å². The molecule has 1 aliphatic heterocycles. The fraction of sp³-hybridized carbons (Fsp3) is 0.462. The first-order valence-corrected chi connectivity index (χ1v) is 7.00. The van der Waals surface area contributed by atoms with Gasteiger partial charge in [0.15, 0.2) is 5.13 Å². The Morgan fingerprint density at radius 1 is 1.39 bits per heavy atom. The highest BCUT2D eigenvalue weighted by Crippen LogP contribution is 2.27. The van der Waals surface area contributed by atoms with Gasteiger partial charge in [0.05, 0.1) is 10.2 Å². The van der Waals surface area contributed by atoms with Crippen molar-refractivity contribution in [2.24, 2.45) is 5.92 Å². The molecule has 5 heteroatoms. The molecule has 1 aromatic heterocycles. The summed E-state index contributed by atoms with van der Waals surface area (Å²) >= 11 is 1.51. The van der Waals surface area contributed by atoms with Gasteiger partial charge in [-0.25, -0.2) is 9.37 Å². The van der Waals surface area contributed by atoms with Crippen LogP contribution in [0.3, 0.4) is 0 Å². The van der Waals surface area contributed by atoms with Gasteiger partial charge in [0.2, 0.25) is 0 Å². The molecular weight excluding hydrogens is 251 g/mol. The van der Waals surface area contributed by atoms with E-state index in [-0.39, 0.29) is 5.82 Å². The number of hydrogen-bond donors (Lipinski definition) is 1. The number of benzene rings is 1. The molecule has 0 saturated carbocycles. The third-order valence-corrected chi connectivity index (χ3v) is 4.21. The Kier molecular flexibility index (Phi) is 3.43. The largest absolute Gasteiger partial charge is 0.381 e. The first-order valence-electron chi connectivity index (χ1n) is 6.19. The lowest BCUT2D eigenvalue weighted by Crippen LogP contribution is -2.22. The molecule has 0 unspecified atom stereocenters. The summed E-state index contributed by atoms with van der Waals surface area (Å²) in [5, 5.41) is 4.23. The fourth-order valence-corrected chi connectivity index (χ4v) is 3.05. The molecular formula is C13H15FN2OS. The predicted octanol–water partition coefficient (Wildman–Crippen LogP) is 3.27. The normalized spacial score (nSPS) is 17.2. The zero-order valence-electron chi connectivity index (χ0n) is 9.99. The standard InChI is InChI=1S/C13H15FN2OS/c14-10-1-2-11-12(7-10)18-13(16-11)15-8-9-3-5-17-6-4-9/h1-2,7,9H,3-6,8H2,(H,15,16). The van der Waals surface area contributed by atoms with Crippen molar-refractivity contribution in [2.75, 3.05) is 25.1 Å². The molecule has 0 aliphatic carbocycles. The SMILES string of the molecule is Fc1ccc2nc(NCC3CCOCC3)sc2c1. The second-order valence-electron chi connectivity index (χ2n) is 4.57. The fourth-order valence-electron chi connectivity index (χ4n) is 2.16. The molecule has 1 aliphatic rings. The number of thiazole rings is 1. The van der Waals surface area contributed by atoms with Crippen LogP contribution in [0.25, 0.3) is 10.2 Å². The van der Waals surface area contributed by atoms with Crippen LogP contribution >= 0.6 is 11.3 Å².